The van der Waals surface area contributed by atoms with E-state index in [-0.39, 0.29) is 5.91 Å². The SMILES string of the molecule is Cc1cc(Cl)c(C(=O)Nc2nc3ncc(-c4ccncc4)cc3s2)cn1. The Hall–Kier alpha value is -2.90. The van der Waals surface area contributed by atoms with Gasteiger partial charge in [0.2, 0.25) is 0 Å². The monoisotopic (exact) mass is 381 g/mol. The number of aromatic nitrogens is 4. The molecule has 0 bridgehead atoms. The van der Waals surface area contributed by atoms with E-state index in [1.165, 1.54) is 17.5 Å². The summed E-state index contributed by atoms with van der Waals surface area (Å²) in [5.74, 6) is -0.351. The quantitative estimate of drug-likeness (QED) is 0.570. The Kier molecular flexibility index (Phi) is 4.32. The number of rotatable bonds is 3. The van der Waals surface area contributed by atoms with E-state index in [2.05, 4.69) is 25.3 Å². The molecule has 1 N–H and O–H groups in total. The van der Waals surface area contributed by atoms with Gasteiger partial charge in [0.1, 0.15) is 0 Å². The Bertz CT molecular complexity index is 1110. The molecule has 4 aromatic heterocycles. The van der Waals surface area contributed by atoms with E-state index in [4.69, 9.17) is 11.6 Å². The van der Waals surface area contributed by atoms with Crippen molar-refractivity contribution in [2.24, 2.45) is 0 Å². The van der Waals surface area contributed by atoms with Crippen molar-refractivity contribution in [2.75, 3.05) is 5.32 Å². The number of halogens is 1. The van der Waals surface area contributed by atoms with Crippen molar-refractivity contribution in [3.05, 3.63) is 65.3 Å². The summed E-state index contributed by atoms with van der Waals surface area (Å²) in [5, 5.41) is 3.58. The molecule has 4 rings (SSSR count). The molecule has 4 aromatic rings. The average Bonchev–Trinajstić information content (AvgIpc) is 3.03. The first kappa shape index (κ1) is 16.6. The van der Waals surface area contributed by atoms with Gasteiger partial charge in [-0.05, 0) is 36.8 Å². The first-order chi connectivity index (χ1) is 12.6. The highest BCUT2D eigenvalue weighted by Gasteiger charge is 2.14. The zero-order valence-electron chi connectivity index (χ0n) is 13.6. The molecule has 0 spiro atoms. The lowest BCUT2D eigenvalue weighted by molar-refractivity contribution is 0.102. The number of anilines is 1. The molecule has 26 heavy (non-hydrogen) atoms. The van der Waals surface area contributed by atoms with E-state index in [1.807, 2.05) is 25.1 Å². The maximum absolute atomic E-state index is 12.4. The second kappa shape index (κ2) is 6.78. The van der Waals surface area contributed by atoms with Gasteiger partial charge in [0, 0.05) is 36.0 Å². The molecule has 0 aliphatic heterocycles. The lowest BCUT2D eigenvalue weighted by atomic mass is 10.1. The zero-order valence-corrected chi connectivity index (χ0v) is 15.2. The van der Waals surface area contributed by atoms with Gasteiger partial charge in [0.15, 0.2) is 10.8 Å². The number of carbonyl (C=O) groups is 1. The minimum absolute atomic E-state index is 0.307. The van der Waals surface area contributed by atoms with Gasteiger partial charge in [-0.15, -0.1) is 0 Å². The molecular formula is C18H12ClN5OS. The Morgan fingerprint density at radius 3 is 2.69 bits per heavy atom. The second-order valence-electron chi connectivity index (χ2n) is 5.56. The Morgan fingerprint density at radius 2 is 1.92 bits per heavy atom. The predicted molar refractivity (Wildman–Crippen MR) is 103 cm³/mol. The number of nitrogens with one attached hydrogen (secondary N) is 1. The van der Waals surface area contributed by atoms with Crippen LogP contribution in [0, 0.1) is 6.92 Å². The van der Waals surface area contributed by atoms with Crippen LogP contribution in [0.25, 0.3) is 21.5 Å². The maximum Gasteiger partial charge on any atom is 0.260 e. The number of hydrogen-bond donors (Lipinski definition) is 1. The largest absolute Gasteiger partial charge is 0.298 e. The molecule has 0 atom stereocenters. The molecule has 0 aromatic carbocycles. The number of aryl methyl sites for hydroxylation is 1. The van der Waals surface area contributed by atoms with E-state index in [1.54, 1.807) is 24.7 Å². The smallest absolute Gasteiger partial charge is 0.260 e. The van der Waals surface area contributed by atoms with Gasteiger partial charge in [0.05, 0.1) is 15.3 Å². The van der Waals surface area contributed by atoms with E-state index in [9.17, 15) is 4.79 Å². The number of nitrogens with zero attached hydrogens (tertiary/aromatic N) is 4. The number of pyridine rings is 3. The number of amides is 1. The molecule has 4 heterocycles. The van der Waals surface area contributed by atoms with Crippen molar-refractivity contribution in [3.8, 4) is 11.1 Å². The van der Waals surface area contributed by atoms with Gasteiger partial charge in [-0.3, -0.25) is 20.1 Å². The number of carbonyl (C=O) groups excluding carboxylic acids is 1. The van der Waals surface area contributed by atoms with E-state index in [0.29, 0.717) is 21.4 Å². The number of fused-ring (bicyclic) bond motifs is 1. The lowest BCUT2D eigenvalue weighted by Gasteiger charge is -2.03. The highest BCUT2D eigenvalue weighted by atomic mass is 35.5. The van der Waals surface area contributed by atoms with E-state index < -0.39 is 0 Å². The normalized spacial score (nSPS) is 10.8. The van der Waals surface area contributed by atoms with Gasteiger partial charge in [-0.2, -0.15) is 4.98 Å². The van der Waals surface area contributed by atoms with Gasteiger partial charge < -0.3 is 0 Å². The molecule has 0 aliphatic carbocycles. The van der Waals surface area contributed by atoms with Crippen LogP contribution in [-0.4, -0.2) is 25.8 Å². The molecule has 8 heteroatoms. The predicted octanol–water partition coefficient (Wildman–Crippen LogP) is 4.36. The third kappa shape index (κ3) is 3.26. The summed E-state index contributed by atoms with van der Waals surface area (Å²) < 4.78 is 0.878. The summed E-state index contributed by atoms with van der Waals surface area (Å²) in [6.45, 7) is 1.81. The maximum atomic E-state index is 12.4. The summed E-state index contributed by atoms with van der Waals surface area (Å²) in [4.78, 5) is 29.3. The van der Waals surface area contributed by atoms with Crippen LogP contribution >= 0.6 is 22.9 Å². The molecule has 0 saturated carbocycles. The molecule has 0 saturated heterocycles. The topological polar surface area (TPSA) is 80.7 Å². The molecule has 0 aliphatic rings. The summed E-state index contributed by atoms with van der Waals surface area (Å²) in [7, 11) is 0. The fourth-order valence-electron chi connectivity index (χ4n) is 2.43. The highest BCUT2D eigenvalue weighted by Crippen LogP contribution is 2.29. The van der Waals surface area contributed by atoms with Crippen LogP contribution in [0.2, 0.25) is 5.02 Å². The second-order valence-corrected chi connectivity index (χ2v) is 7.00. The average molecular weight is 382 g/mol. The van der Waals surface area contributed by atoms with Crippen LogP contribution in [0.5, 0.6) is 0 Å². The Labute approximate surface area is 157 Å². The van der Waals surface area contributed by atoms with Crippen LogP contribution in [0.4, 0.5) is 5.13 Å². The van der Waals surface area contributed by atoms with Gasteiger partial charge in [0.25, 0.3) is 5.91 Å². The summed E-state index contributed by atoms with van der Waals surface area (Å²) in [6.07, 6.45) is 6.68. The van der Waals surface area contributed by atoms with Crippen LogP contribution < -0.4 is 5.32 Å². The summed E-state index contributed by atoms with van der Waals surface area (Å²) in [6, 6.07) is 7.47. The van der Waals surface area contributed by atoms with Crippen molar-refractivity contribution in [1.82, 2.24) is 19.9 Å². The van der Waals surface area contributed by atoms with Crippen LogP contribution in [-0.2, 0) is 0 Å². The van der Waals surface area contributed by atoms with Gasteiger partial charge in [-0.25, -0.2) is 4.98 Å². The Morgan fingerprint density at radius 1 is 1.12 bits per heavy atom. The number of thiazole rings is 1. The molecule has 1 amide bonds. The van der Waals surface area contributed by atoms with Gasteiger partial charge >= 0.3 is 0 Å². The molecule has 128 valence electrons. The lowest BCUT2D eigenvalue weighted by Crippen LogP contribution is -2.12. The third-order valence-corrected chi connectivity index (χ3v) is 4.94. The summed E-state index contributed by atoms with van der Waals surface area (Å²) >= 11 is 7.48. The van der Waals surface area contributed by atoms with Crippen molar-refractivity contribution >= 4 is 44.3 Å². The standard InChI is InChI=1S/C18H12ClN5OS/c1-10-6-14(19)13(9-21-10)17(25)24-18-23-16-15(26-18)7-12(8-22-16)11-2-4-20-5-3-11/h2-9H,1H3,(H,22,23,24,25). The fraction of sp³-hybridized carbons (Fsp3) is 0.0556. The van der Waals surface area contributed by atoms with Crippen molar-refractivity contribution < 1.29 is 4.79 Å². The minimum atomic E-state index is -0.351. The summed E-state index contributed by atoms with van der Waals surface area (Å²) in [5.41, 5.74) is 3.62. The van der Waals surface area contributed by atoms with Crippen molar-refractivity contribution in [3.63, 3.8) is 0 Å². The van der Waals surface area contributed by atoms with Crippen molar-refractivity contribution in [2.45, 2.75) is 6.92 Å². The van der Waals surface area contributed by atoms with E-state index >= 15 is 0 Å². The van der Waals surface area contributed by atoms with Crippen LogP contribution in [0.3, 0.4) is 0 Å². The zero-order chi connectivity index (χ0) is 18.1. The third-order valence-electron chi connectivity index (χ3n) is 3.72. The van der Waals surface area contributed by atoms with Crippen LogP contribution in [0.15, 0.2) is 49.1 Å². The number of hydrogen-bond acceptors (Lipinski definition) is 6. The van der Waals surface area contributed by atoms with Gasteiger partial charge in [-0.1, -0.05) is 22.9 Å². The highest BCUT2D eigenvalue weighted by molar-refractivity contribution is 7.22. The fourth-order valence-corrected chi connectivity index (χ4v) is 3.59. The minimum Gasteiger partial charge on any atom is -0.298 e. The van der Waals surface area contributed by atoms with E-state index in [0.717, 1.165) is 21.5 Å². The van der Waals surface area contributed by atoms with Crippen LogP contribution in [0.1, 0.15) is 16.1 Å². The molecule has 6 nitrogen and oxygen atoms in total. The first-order valence-corrected chi connectivity index (χ1v) is 8.90. The Balaban J connectivity index is 1.62. The van der Waals surface area contributed by atoms with Crippen molar-refractivity contribution in [1.29, 1.82) is 0 Å². The molecule has 0 unspecified atom stereocenters. The molecule has 0 fully saturated rings. The molecule has 0 radical (unpaired) electrons. The molecular weight excluding hydrogens is 370 g/mol. The first-order valence-electron chi connectivity index (χ1n) is 7.70.